The van der Waals surface area contributed by atoms with E-state index in [2.05, 4.69) is 0 Å². The molecule has 0 spiro atoms. The maximum atomic E-state index is 13.2. The number of ether oxygens (including phenoxy) is 3. The van der Waals surface area contributed by atoms with Gasteiger partial charge in [0.05, 0.1) is 39.9 Å². The van der Waals surface area contributed by atoms with Crippen LogP contribution in [0.5, 0.6) is 11.5 Å². The molecule has 4 rings (SSSR count). The summed E-state index contributed by atoms with van der Waals surface area (Å²) in [7, 11) is 3.16. The molecule has 0 saturated carbocycles. The molecule has 7 heteroatoms. The van der Waals surface area contributed by atoms with Crippen LogP contribution >= 0.6 is 0 Å². The van der Waals surface area contributed by atoms with Crippen molar-refractivity contribution in [3.63, 3.8) is 0 Å². The van der Waals surface area contributed by atoms with Crippen molar-refractivity contribution >= 4 is 11.8 Å². The van der Waals surface area contributed by atoms with Gasteiger partial charge in [-0.3, -0.25) is 9.59 Å². The van der Waals surface area contributed by atoms with E-state index in [1.807, 2.05) is 47.4 Å². The second-order valence-corrected chi connectivity index (χ2v) is 7.42. The van der Waals surface area contributed by atoms with E-state index in [1.54, 1.807) is 19.1 Å². The van der Waals surface area contributed by atoms with Gasteiger partial charge < -0.3 is 24.0 Å². The first kappa shape index (κ1) is 20.2. The maximum absolute atomic E-state index is 13.2. The minimum atomic E-state index is -0.403. The maximum Gasteiger partial charge on any atom is 0.255 e. The summed E-state index contributed by atoms with van der Waals surface area (Å²) in [6, 6.07) is 12.8. The molecule has 30 heavy (non-hydrogen) atoms. The fourth-order valence-corrected chi connectivity index (χ4v) is 4.10. The normalized spacial score (nSPS) is 16.9. The molecule has 2 amide bonds. The SMILES string of the molecule is COc1ccc(C(CC(=O)N2CCOCC2)N2Cc3ccccc3C2=O)cc1OC. The third-order valence-electron chi connectivity index (χ3n) is 5.75. The molecule has 1 unspecified atom stereocenters. The van der Waals surface area contributed by atoms with Crippen LogP contribution in [0.25, 0.3) is 0 Å². The van der Waals surface area contributed by atoms with E-state index in [1.165, 1.54) is 0 Å². The summed E-state index contributed by atoms with van der Waals surface area (Å²) < 4.78 is 16.2. The zero-order chi connectivity index (χ0) is 21.1. The van der Waals surface area contributed by atoms with Crippen LogP contribution in [0.4, 0.5) is 0 Å². The molecule has 2 heterocycles. The lowest BCUT2D eigenvalue weighted by atomic mass is 10.00. The zero-order valence-electron chi connectivity index (χ0n) is 17.3. The Balaban J connectivity index is 1.67. The molecule has 2 aliphatic heterocycles. The molecule has 7 nitrogen and oxygen atoms in total. The lowest BCUT2D eigenvalue weighted by Crippen LogP contribution is -2.42. The Morgan fingerprint density at radius 3 is 2.50 bits per heavy atom. The highest BCUT2D eigenvalue weighted by molar-refractivity contribution is 5.98. The number of carbonyl (C=O) groups excluding carboxylic acids is 2. The second kappa shape index (κ2) is 8.75. The number of nitrogens with zero attached hydrogens (tertiary/aromatic N) is 2. The molecule has 1 atom stereocenters. The Morgan fingerprint density at radius 1 is 1.07 bits per heavy atom. The van der Waals surface area contributed by atoms with E-state index in [9.17, 15) is 9.59 Å². The minimum Gasteiger partial charge on any atom is -0.493 e. The van der Waals surface area contributed by atoms with Crippen molar-refractivity contribution < 1.29 is 23.8 Å². The first-order chi connectivity index (χ1) is 14.6. The predicted octanol–water partition coefficient (Wildman–Crippen LogP) is 2.65. The van der Waals surface area contributed by atoms with Crippen molar-refractivity contribution in [1.29, 1.82) is 0 Å². The topological polar surface area (TPSA) is 68.3 Å². The highest BCUT2D eigenvalue weighted by Crippen LogP contribution is 2.37. The lowest BCUT2D eigenvalue weighted by molar-refractivity contribution is -0.136. The summed E-state index contributed by atoms with van der Waals surface area (Å²) in [5, 5.41) is 0. The van der Waals surface area contributed by atoms with Gasteiger partial charge in [0.1, 0.15) is 0 Å². The first-order valence-electron chi connectivity index (χ1n) is 10.1. The fraction of sp³-hybridized carbons (Fsp3) is 0.391. The number of hydrogen-bond acceptors (Lipinski definition) is 5. The number of rotatable bonds is 6. The largest absolute Gasteiger partial charge is 0.493 e. The van der Waals surface area contributed by atoms with Gasteiger partial charge in [0.2, 0.25) is 5.91 Å². The Labute approximate surface area is 176 Å². The van der Waals surface area contributed by atoms with Crippen LogP contribution in [0.1, 0.15) is 33.9 Å². The van der Waals surface area contributed by atoms with Crippen molar-refractivity contribution in [2.24, 2.45) is 0 Å². The molecule has 0 aromatic heterocycles. The van der Waals surface area contributed by atoms with Gasteiger partial charge in [-0.25, -0.2) is 0 Å². The zero-order valence-corrected chi connectivity index (χ0v) is 17.3. The van der Waals surface area contributed by atoms with Crippen LogP contribution in [0.3, 0.4) is 0 Å². The quantitative estimate of drug-likeness (QED) is 0.732. The van der Waals surface area contributed by atoms with E-state index in [0.29, 0.717) is 49.9 Å². The number of methoxy groups -OCH3 is 2. The number of fused-ring (bicyclic) bond motifs is 1. The van der Waals surface area contributed by atoms with E-state index < -0.39 is 6.04 Å². The van der Waals surface area contributed by atoms with Crippen LogP contribution in [0, 0.1) is 0 Å². The number of benzene rings is 2. The Kier molecular flexibility index (Phi) is 5.90. The van der Waals surface area contributed by atoms with E-state index in [4.69, 9.17) is 14.2 Å². The van der Waals surface area contributed by atoms with Gasteiger partial charge in [-0.2, -0.15) is 0 Å². The molecule has 158 valence electrons. The molecule has 2 aromatic carbocycles. The summed E-state index contributed by atoms with van der Waals surface area (Å²) in [6.07, 6.45) is 0.204. The van der Waals surface area contributed by atoms with Gasteiger partial charge >= 0.3 is 0 Å². The summed E-state index contributed by atoms with van der Waals surface area (Å²) in [5.41, 5.74) is 2.52. The summed E-state index contributed by atoms with van der Waals surface area (Å²) >= 11 is 0. The van der Waals surface area contributed by atoms with Gasteiger partial charge in [-0.05, 0) is 29.3 Å². The molecule has 2 aromatic rings. The molecule has 2 aliphatic rings. The Bertz CT molecular complexity index is 939. The minimum absolute atomic E-state index is 0.0156. The second-order valence-electron chi connectivity index (χ2n) is 7.42. The molecule has 0 bridgehead atoms. The average Bonchev–Trinajstić information content (AvgIpc) is 3.13. The smallest absolute Gasteiger partial charge is 0.255 e. The molecule has 1 fully saturated rings. The molecular formula is C23H26N2O5. The predicted molar refractivity (Wildman–Crippen MR) is 111 cm³/mol. The molecule has 0 radical (unpaired) electrons. The third-order valence-corrected chi connectivity index (χ3v) is 5.75. The summed E-state index contributed by atoms with van der Waals surface area (Å²) in [6.45, 7) is 2.71. The van der Waals surface area contributed by atoms with Gasteiger partial charge in [-0.1, -0.05) is 24.3 Å². The van der Waals surface area contributed by atoms with E-state index >= 15 is 0 Å². The van der Waals surface area contributed by atoms with Crippen molar-refractivity contribution in [3.8, 4) is 11.5 Å². The van der Waals surface area contributed by atoms with Crippen LogP contribution in [0.15, 0.2) is 42.5 Å². The van der Waals surface area contributed by atoms with Crippen molar-refractivity contribution in [1.82, 2.24) is 9.80 Å². The van der Waals surface area contributed by atoms with Crippen LogP contribution in [0.2, 0.25) is 0 Å². The van der Waals surface area contributed by atoms with Crippen molar-refractivity contribution in [2.45, 2.75) is 19.0 Å². The van der Waals surface area contributed by atoms with Gasteiger partial charge in [-0.15, -0.1) is 0 Å². The number of morpholine rings is 1. The molecule has 0 aliphatic carbocycles. The highest BCUT2D eigenvalue weighted by Gasteiger charge is 2.35. The molecular weight excluding hydrogens is 384 g/mol. The molecule has 1 saturated heterocycles. The number of amides is 2. The third kappa shape index (κ3) is 3.85. The van der Waals surface area contributed by atoms with Gasteiger partial charge in [0.15, 0.2) is 11.5 Å². The standard InChI is InChI=1S/C23H26N2O5/c1-28-20-8-7-16(13-21(20)29-2)19(14-22(26)24-9-11-30-12-10-24)25-15-17-5-3-4-6-18(17)23(25)27/h3-8,13,19H,9-12,14-15H2,1-2H3. The highest BCUT2D eigenvalue weighted by atomic mass is 16.5. The summed E-state index contributed by atoms with van der Waals surface area (Å²) in [5.74, 6) is 1.14. The van der Waals surface area contributed by atoms with Gasteiger partial charge in [0.25, 0.3) is 5.91 Å². The first-order valence-corrected chi connectivity index (χ1v) is 10.1. The number of carbonyl (C=O) groups is 2. The van der Waals surface area contributed by atoms with Crippen molar-refractivity contribution in [3.05, 3.63) is 59.2 Å². The van der Waals surface area contributed by atoms with E-state index in [-0.39, 0.29) is 18.2 Å². The Hall–Kier alpha value is -3.06. The van der Waals surface area contributed by atoms with Crippen LogP contribution < -0.4 is 9.47 Å². The van der Waals surface area contributed by atoms with Crippen LogP contribution in [-0.2, 0) is 16.1 Å². The van der Waals surface area contributed by atoms with E-state index in [0.717, 1.165) is 11.1 Å². The average molecular weight is 410 g/mol. The monoisotopic (exact) mass is 410 g/mol. The number of hydrogen-bond donors (Lipinski definition) is 0. The fourth-order valence-electron chi connectivity index (χ4n) is 4.10. The van der Waals surface area contributed by atoms with Gasteiger partial charge in [0, 0.05) is 25.2 Å². The molecule has 0 N–H and O–H groups in total. The van der Waals surface area contributed by atoms with Crippen LogP contribution in [-0.4, -0.2) is 62.1 Å². The lowest BCUT2D eigenvalue weighted by Gasteiger charge is -2.32. The van der Waals surface area contributed by atoms with Crippen molar-refractivity contribution in [2.75, 3.05) is 40.5 Å². The Morgan fingerprint density at radius 2 is 1.80 bits per heavy atom. The summed E-state index contributed by atoms with van der Waals surface area (Å²) in [4.78, 5) is 29.8.